The lowest BCUT2D eigenvalue weighted by Crippen LogP contribution is -2.43. The predicted molar refractivity (Wildman–Crippen MR) is 170 cm³/mol. The van der Waals surface area contributed by atoms with Crippen molar-refractivity contribution in [2.75, 3.05) is 6.61 Å². The van der Waals surface area contributed by atoms with Crippen LogP contribution in [0.4, 0.5) is 0 Å². The van der Waals surface area contributed by atoms with Crippen LogP contribution in [-0.4, -0.2) is 51.1 Å². The van der Waals surface area contributed by atoms with Crippen LogP contribution in [0.15, 0.2) is 0 Å². The quantitative estimate of drug-likeness (QED) is 0.0527. The van der Waals surface area contributed by atoms with E-state index in [4.69, 9.17) is 0 Å². The third-order valence-electron chi connectivity index (χ3n) is 8.38. The molecule has 0 rings (SSSR count). The lowest BCUT2D eigenvalue weighted by molar-refractivity contribution is -0.141. The summed E-state index contributed by atoms with van der Waals surface area (Å²) >= 11 is 0. The van der Waals surface area contributed by atoms with Crippen molar-refractivity contribution in [1.82, 2.24) is 6.15 Å². The highest BCUT2D eigenvalue weighted by atomic mass is 16.3. The molecule has 0 amide bonds. The minimum Gasteiger partial charge on any atom is -0.396 e. The maximum atomic E-state index is 12.6. The molecule has 0 aromatic carbocycles. The molecule has 6 nitrogen and oxygen atoms in total. The van der Waals surface area contributed by atoms with Gasteiger partial charge in [-0.3, -0.25) is 4.79 Å². The van der Waals surface area contributed by atoms with Crippen LogP contribution in [0.25, 0.3) is 0 Å². The van der Waals surface area contributed by atoms with E-state index in [0.717, 1.165) is 38.5 Å². The minimum atomic E-state index is -1.33. The minimum absolute atomic E-state index is 0. The summed E-state index contributed by atoms with van der Waals surface area (Å²) in [5.41, 5.74) is 0. The number of aliphatic hydroxyl groups is 4. The number of ketones is 1. The van der Waals surface area contributed by atoms with Crippen molar-refractivity contribution in [3.05, 3.63) is 0 Å². The first-order chi connectivity index (χ1) is 19.0. The molecule has 40 heavy (non-hydrogen) atoms. The van der Waals surface area contributed by atoms with Gasteiger partial charge in [-0.15, -0.1) is 0 Å². The topological polar surface area (TPSA) is 133 Å². The van der Waals surface area contributed by atoms with Crippen LogP contribution in [0.3, 0.4) is 0 Å². The van der Waals surface area contributed by atoms with Gasteiger partial charge in [0, 0.05) is 0 Å². The highest BCUT2D eigenvalue weighted by molar-refractivity contribution is 5.85. The fourth-order valence-electron chi connectivity index (χ4n) is 5.57. The zero-order valence-electron chi connectivity index (χ0n) is 26.8. The zero-order chi connectivity index (χ0) is 29.0. The second kappa shape index (κ2) is 31.4. The molecule has 242 valence electrons. The van der Waals surface area contributed by atoms with Gasteiger partial charge in [0.1, 0.15) is 6.10 Å². The van der Waals surface area contributed by atoms with E-state index in [0.29, 0.717) is 12.8 Å². The van der Waals surface area contributed by atoms with Crippen LogP contribution in [0, 0.1) is 5.92 Å². The molecule has 0 radical (unpaired) electrons. The zero-order valence-corrected chi connectivity index (χ0v) is 26.8. The van der Waals surface area contributed by atoms with E-state index in [-0.39, 0.29) is 6.15 Å². The Balaban J connectivity index is 0. The molecule has 0 fully saturated rings. The SMILES string of the molecule is CCCCCCCCCCCCCCC(O)C(=O)C(CO)C(O)C(O)CCCCCCCCCCCCCC.N. The second-order valence-electron chi connectivity index (χ2n) is 12.1. The van der Waals surface area contributed by atoms with Gasteiger partial charge >= 0.3 is 0 Å². The van der Waals surface area contributed by atoms with Gasteiger partial charge in [0.2, 0.25) is 0 Å². The summed E-state index contributed by atoms with van der Waals surface area (Å²) in [5, 5.41) is 41.0. The van der Waals surface area contributed by atoms with Crippen molar-refractivity contribution in [1.29, 1.82) is 0 Å². The summed E-state index contributed by atoms with van der Waals surface area (Å²) in [6, 6.07) is 0. The molecule has 0 heterocycles. The van der Waals surface area contributed by atoms with Crippen LogP contribution in [0.1, 0.15) is 181 Å². The van der Waals surface area contributed by atoms with E-state index in [1.54, 1.807) is 0 Å². The fourth-order valence-corrected chi connectivity index (χ4v) is 5.57. The van der Waals surface area contributed by atoms with Crippen molar-refractivity contribution in [3.63, 3.8) is 0 Å². The summed E-state index contributed by atoms with van der Waals surface area (Å²) in [6.45, 7) is 3.94. The van der Waals surface area contributed by atoms with Gasteiger partial charge in [-0.2, -0.15) is 0 Å². The lowest BCUT2D eigenvalue weighted by atomic mass is 9.88. The average molecular weight is 574 g/mol. The summed E-state index contributed by atoms with van der Waals surface area (Å²) in [7, 11) is 0. The van der Waals surface area contributed by atoms with Crippen molar-refractivity contribution in [3.8, 4) is 0 Å². The van der Waals surface area contributed by atoms with E-state index in [2.05, 4.69) is 13.8 Å². The van der Waals surface area contributed by atoms with Crippen LogP contribution in [-0.2, 0) is 4.79 Å². The molecule has 0 aliphatic heterocycles. The third kappa shape index (κ3) is 24.1. The number of Topliss-reactive ketones (excluding diaryl/α,β-unsaturated/α-hetero) is 1. The fraction of sp³-hybridized carbons (Fsp3) is 0.971. The molecule has 6 heteroatoms. The number of unbranched alkanes of at least 4 members (excludes halogenated alkanes) is 22. The molecule has 0 spiro atoms. The van der Waals surface area contributed by atoms with Crippen LogP contribution in [0.5, 0.6) is 0 Å². The Bertz CT molecular complexity index is 519. The van der Waals surface area contributed by atoms with E-state index >= 15 is 0 Å². The van der Waals surface area contributed by atoms with Crippen molar-refractivity contribution in [2.45, 2.75) is 199 Å². The Hall–Kier alpha value is -0.530. The molecule has 7 N–H and O–H groups in total. The van der Waals surface area contributed by atoms with Gasteiger partial charge in [-0.25, -0.2) is 0 Å². The molecule has 0 aromatic heterocycles. The maximum Gasteiger partial charge on any atom is 0.169 e. The summed E-state index contributed by atoms with van der Waals surface area (Å²) < 4.78 is 0. The largest absolute Gasteiger partial charge is 0.396 e. The Morgan fingerprint density at radius 3 is 1.12 bits per heavy atom. The molecule has 0 bridgehead atoms. The lowest BCUT2D eigenvalue weighted by Gasteiger charge is -2.26. The third-order valence-corrected chi connectivity index (χ3v) is 8.38. The molecule has 0 aromatic rings. The van der Waals surface area contributed by atoms with E-state index in [1.807, 2.05) is 0 Å². The Morgan fingerprint density at radius 1 is 0.500 bits per heavy atom. The first kappa shape index (κ1) is 41.6. The van der Waals surface area contributed by atoms with Crippen molar-refractivity contribution < 1.29 is 25.2 Å². The van der Waals surface area contributed by atoms with Crippen LogP contribution in [0.2, 0.25) is 0 Å². The molecule has 0 saturated carbocycles. The number of carbonyl (C=O) groups excluding carboxylic acids is 1. The number of hydrogen-bond donors (Lipinski definition) is 5. The number of carbonyl (C=O) groups is 1. The molecule has 4 atom stereocenters. The van der Waals surface area contributed by atoms with Crippen LogP contribution >= 0.6 is 0 Å². The van der Waals surface area contributed by atoms with Gasteiger partial charge in [0.05, 0.1) is 24.7 Å². The second-order valence-corrected chi connectivity index (χ2v) is 12.1. The smallest absolute Gasteiger partial charge is 0.169 e. The monoisotopic (exact) mass is 574 g/mol. The molecular formula is C34H71NO5. The highest BCUT2D eigenvalue weighted by Crippen LogP contribution is 2.20. The summed E-state index contributed by atoms with van der Waals surface area (Å²) in [5.74, 6) is -1.66. The Labute approximate surface area is 248 Å². The Morgan fingerprint density at radius 2 is 0.800 bits per heavy atom. The van der Waals surface area contributed by atoms with Crippen LogP contribution < -0.4 is 6.15 Å². The number of rotatable bonds is 31. The van der Waals surface area contributed by atoms with Gasteiger partial charge in [-0.05, 0) is 12.8 Å². The summed E-state index contributed by atoms with van der Waals surface area (Å²) in [6.07, 6.45) is 26.6. The molecule has 0 aliphatic rings. The average Bonchev–Trinajstić information content (AvgIpc) is 2.94. The van der Waals surface area contributed by atoms with E-state index in [9.17, 15) is 25.2 Å². The summed E-state index contributed by atoms with van der Waals surface area (Å²) in [4.78, 5) is 12.6. The first-order valence-electron chi connectivity index (χ1n) is 17.2. The highest BCUT2D eigenvalue weighted by Gasteiger charge is 2.34. The normalized spacial score (nSPS) is 14.4. The van der Waals surface area contributed by atoms with E-state index in [1.165, 1.54) is 116 Å². The van der Waals surface area contributed by atoms with Gasteiger partial charge in [0.25, 0.3) is 0 Å². The number of hydrogen-bond acceptors (Lipinski definition) is 6. The maximum absolute atomic E-state index is 12.6. The Kier molecular flexibility index (Phi) is 32.7. The van der Waals surface area contributed by atoms with Gasteiger partial charge in [0.15, 0.2) is 5.78 Å². The predicted octanol–water partition coefficient (Wildman–Crippen LogP) is 8.59. The van der Waals surface area contributed by atoms with Crippen molar-refractivity contribution >= 4 is 5.78 Å². The van der Waals surface area contributed by atoms with E-state index < -0.39 is 36.6 Å². The molecule has 0 aliphatic carbocycles. The van der Waals surface area contributed by atoms with Crippen molar-refractivity contribution in [2.24, 2.45) is 5.92 Å². The molecule has 0 saturated heterocycles. The number of aliphatic hydroxyl groups excluding tert-OH is 4. The first-order valence-corrected chi connectivity index (χ1v) is 17.2. The van der Waals surface area contributed by atoms with Gasteiger partial charge in [-0.1, -0.05) is 168 Å². The standard InChI is InChI=1S/C34H68O5.H3N/c1-3-5-7-9-11-13-15-17-19-21-23-25-27-31(36)33(38)30(29-35)34(39)32(37)28-26-24-22-20-18-16-14-12-10-8-6-4-2;/h30-33,35-38H,3-29H2,1-2H3;1H3. The molecular weight excluding hydrogens is 502 g/mol. The molecule has 4 unspecified atom stereocenters. The van der Waals surface area contributed by atoms with Gasteiger partial charge < -0.3 is 26.6 Å².